The van der Waals surface area contributed by atoms with Crippen molar-refractivity contribution in [3.63, 3.8) is 0 Å². The summed E-state index contributed by atoms with van der Waals surface area (Å²) in [5, 5.41) is 6.89. The molecule has 1 amide bonds. The van der Waals surface area contributed by atoms with Crippen LogP contribution in [-0.2, 0) is 4.79 Å². The first kappa shape index (κ1) is 15.0. The molecule has 0 bridgehead atoms. The van der Waals surface area contributed by atoms with E-state index in [1.165, 1.54) is 0 Å². The Kier molecular flexibility index (Phi) is 6.16. The van der Waals surface area contributed by atoms with Crippen LogP contribution in [-0.4, -0.2) is 18.5 Å². The van der Waals surface area contributed by atoms with Gasteiger partial charge in [-0.25, -0.2) is 0 Å². The van der Waals surface area contributed by atoms with Gasteiger partial charge in [0, 0.05) is 24.0 Å². The Morgan fingerprint density at radius 2 is 1.83 bits per heavy atom. The minimum Gasteiger partial charge on any atom is -0.350 e. The van der Waals surface area contributed by atoms with Gasteiger partial charge in [0.25, 0.3) is 0 Å². The number of halogens is 1. The van der Waals surface area contributed by atoms with Gasteiger partial charge < -0.3 is 10.6 Å². The minimum absolute atomic E-state index is 0.00816. The molecule has 18 heavy (non-hydrogen) atoms. The van der Waals surface area contributed by atoms with Crippen molar-refractivity contribution in [1.82, 2.24) is 10.6 Å². The predicted molar refractivity (Wildman–Crippen MR) is 75.8 cm³/mol. The fraction of sp³-hybridized carbons (Fsp3) is 0.500. The van der Waals surface area contributed by atoms with Crippen molar-refractivity contribution in [3.8, 4) is 0 Å². The van der Waals surface area contributed by atoms with Crippen molar-refractivity contribution in [3.05, 3.63) is 34.9 Å². The molecule has 0 fully saturated rings. The smallest absolute Gasteiger partial charge is 0.221 e. The molecule has 1 rings (SSSR count). The molecule has 0 aromatic heterocycles. The summed E-state index contributed by atoms with van der Waals surface area (Å²) < 4.78 is 0. The maximum atomic E-state index is 11.7. The van der Waals surface area contributed by atoms with Crippen LogP contribution in [0.1, 0.15) is 38.8 Å². The molecule has 100 valence electrons. The second-order valence-electron chi connectivity index (χ2n) is 4.70. The van der Waals surface area contributed by atoms with E-state index in [9.17, 15) is 4.79 Å². The zero-order valence-electron chi connectivity index (χ0n) is 11.2. The average molecular weight is 269 g/mol. The molecule has 0 saturated heterocycles. The molecular weight excluding hydrogens is 248 g/mol. The fourth-order valence-electron chi connectivity index (χ4n) is 1.62. The van der Waals surface area contributed by atoms with Gasteiger partial charge in [0.05, 0.1) is 6.04 Å². The third-order valence-corrected chi connectivity index (χ3v) is 2.90. The third kappa shape index (κ3) is 5.52. The number of hydrogen-bond acceptors (Lipinski definition) is 2. The van der Waals surface area contributed by atoms with Gasteiger partial charge in [-0.2, -0.15) is 0 Å². The molecule has 1 aromatic rings. The highest BCUT2D eigenvalue weighted by Gasteiger charge is 2.09. The van der Waals surface area contributed by atoms with Gasteiger partial charge in [-0.1, -0.05) is 37.6 Å². The van der Waals surface area contributed by atoms with Crippen LogP contribution in [0, 0.1) is 0 Å². The van der Waals surface area contributed by atoms with E-state index < -0.39 is 0 Å². The summed E-state index contributed by atoms with van der Waals surface area (Å²) in [6.45, 7) is 6.80. The van der Waals surface area contributed by atoms with Gasteiger partial charge in [-0.3, -0.25) is 4.79 Å². The summed E-state index contributed by atoms with van der Waals surface area (Å²) in [6.07, 6.45) is 0.496. The number of nitrogens with one attached hydrogen (secondary N) is 2. The van der Waals surface area contributed by atoms with Crippen LogP contribution in [0.25, 0.3) is 0 Å². The first-order valence-corrected chi connectivity index (χ1v) is 6.65. The first-order valence-electron chi connectivity index (χ1n) is 6.27. The van der Waals surface area contributed by atoms with E-state index in [0.717, 1.165) is 5.56 Å². The SMILES string of the molecule is CC(C)NCCC(=O)NC(C)c1ccc(Cl)cc1. The van der Waals surface area contributed by atoms with Crippen molar-refractivity contribution in [1.29, 1.82) is 0 Å². The highest BCUT2D eigenvalue weighted by atomic mass is 35.5. The molecule has 0 aliphatic rings. The number of rotatable bonds is 6. The quantitative estimate of drug-likeness (QED) is 0.833. The number of hydrogen-bond donors (Lipinski definition) is 2. The lowest BCUT2D eigenvalue weighted by atomic mass is 10.1. The molecule has 0 saturated carbocycles. The van der Waals surface area contributed by atoms with E-state index in [4.69, 9.17) is 11.6 Å². The first-order chi connectivity index (χ1) is 8.49. The maximum Gasteiger partial charge on any atom is 0.221 e. The Balaban J connectivity index is 2.37. The lowest BCUT2D eigenvalue weighted by Gasteiger charge is -2.15. The van der Waals surface area contributed by atoms with Crippen LogP contribution in [0.4, 0.5) is 0 Å². The molecule has 0 radical (unpaired) electrons. The monoisotopic (exact) mass is 268 g/mol. The molecule has 1 aromatic carbocycles. The van der Waals surface area contributed by atoms with E-state index in [2.05, 4.69) is 24.5 Å². The molecule has 1 unspecified atom stereocenters. The highest BCUT2D eigenvalue weighted by molar-refractivity contribution is 6.30. The lowest BCUT2D eigenvalue weighted by molar-refractivity contribution is -0.121. The number of benzene rings is 1. The van der Waals surface area contributed by atoms with Gasteiger partial charge >= 0.3 is 0 Å². The zero-order chi connectivity index (χ0) is 13.5. The van der Waals surface area contributed by atoms with E-state index in [1.807, 2.05) is 31.2 Å². The Morgan fingerprint density at radius 3 is 2.39 bits per heavy atom. The molecule has 1 atom stereocenters. The summed E-state index contributed by atoms with van der Waals surface area (Å²) in [7, 11) is 0. The van der Waals surface area contributed by atoms with Crippen molar-refractivity contribution in [2.24, 2.45) is 0 Å². The lowest BCUT2D eigenvalue weighted by Crippen LogP contribution is -2.31. The Hall–Kier alpha value is -1.06. The predicted octanol–water partition coefficient (Wildman–Crippen LogP) is 2.91. The zero-order valence-corrected chi connectivity index (χ0v) is 11.9. The summed E-state index contributed by atoms with van der Waals surface area (Å²) in [5.74, 6) is 0.0607. The van der Waals surface area contributed by atoms with E-state index in [0.29, 0.717) is 24.0 Å². The number of amides is 1. The van der Waals surface area contributed by atoms with Crippen molar-refractivity contribution < 1.29 is 4.79 Å². The van der Waals surface area contributed by atoms with Crippen LogP contribution in [0.15, 0.2) is 24.3 Å². The van der Waals surface area contributed by atoms with Gasteiger partial charge in [-0.15, -0.1) is 0 Å². The summed E-state index contributed by atoms with van der Waals surface area (Å²) >= 11 is 5.82. The Morgan fingerprint density at radius 1 is 1.22 bits per heavy atom. The minimum atomic E-state index is 0.00816. The van der Waals surface area contributed by atoms with Gasteiger partial charge in [-0.05, 0) is 24.6 Å². The third-order valence-electron chi connectivity index (χ3n) is 2.65. The molecular formula is C14H21ClN2O. The van der Waals surface area contributed by atoms with Crippen molar-refractivity contribution >= 4 is 17.5 Å². The van der Waals surface area contributed by atoms with Gasteiger partial charge in [0.1, 0.15) is 0 Å². The van der Waals surface area contributed by atoms with Gasteiger partial charge in [0.2, 0.25) is 5.91 Å². The summed E-state index contributed by atoms with van der Waals surface area (Å²) in [4.78, 5) is 11.7. The van der Waals surface area contributed by atoms with Crippen LogP contribution in [0.3, 0.4) is 0 Å². The molecule has 3 nitrogen and oxygen atoms in total. The second kappa shape index (κ2) is 7.39. The van der Waals surface area contributed by atoms with Gasteiger partial charge in [0.15, 0.2) is 0 Å². The molecule has 0 spiro atoms. The fourth-order valence-corrected chi connectivity index (χ4v) is 1.75. The molecule has 2 N–H and O–H groups in total. The number of carbonyl (C=O) groups excluding carboxylic acids is 1. The van der Waals surface area contributed by atoms with Crippen molar-refractivity contribution in [2.75, 3.05) is 6.54 Å². The Labute approximate surface area is 114 Å². The molecule has 0 aliphatic heterocycles. The van der Waals surface area contributed by atoms with Crippen LogP contribution in [0.5, 0.6) is 0 Å². The van der Waals surface area contributed by atoms with E-state index >= 15 is 0 Å². The largest absolute Gasteiger partial charge is 0.350 e. The van der Waals surface area contributed by atoms with Crippen LogP contribution >= 0.6 is 11.6 Å². The summed E-state index contributed by atoms with van der Waals surface area (Å²) in [5.41, 5.74) is 1.06. The standard InChI is InChI=1S/C14H21ClN2O/c1-10(2)16-9-8-14(18)17-11(3)12-4-6-13(15)7-5-12/h4-7,10-11,16H,8-9H2,1-3H3,(H,17,18). The van der Waals surface area contributed by atoms with Crippen LogP contribution < -0.4 is 10.6 Å². The Bertz CT molecular complexity index is 376. The molecule has 4 heteroatoms. The van der Waals surface area contributed by atoms with E-state index in [-0.39, 0.29) is 11.9 Å². The average Bonchev–Trinajstić information content (AvgIpc) is 2.29. The maximum absolute atomic E-state index is 11.7. The molecule has 0 aliphatic carbocycles. The van der Waals surface area contributed by atoms with E-state index in [1.54, 1.807) is 0 Å². The molecule has 0 heterocycles. The van der Waals surface area contributed by atoms with Crippen molar-refractivity contribution in [2.45, 2.75) is 39.3 Å². The number of carbonyl (C=O) groups is 1. The highest BCUT2D eigenvalue weighted by Crippen LogP contribution is 2.15. The normalized spacial score (nSPS) is 12.5. The summed E-state index contributed by atoms with van der Waals surface area (Å²) in [6, 6.07) is 7.94. The second-order valence-corrected chi connectivity index (χ2v) is 5.14. The van der Waals surface area contributed by atoms with Crippen LogP contribution in [0.2, 0.25) is 5.02 Å². The topological polar surface area (TPSA) is 41.1 Å².